The van der Waals surface area contributed by atoms with E-state index in [4.69, 9.17) is 10.9 Å². The van der Waals surface area contributed by atoms with Crippen molar-refractivity contribution < 1.29 is 18.0 Å². The van der Waals surface area contributed by atoms with Crippen LogP contribution in [0.25, 0.3) is 0 Å². The summed E-state index contributed by atoms with van der Waals surface area (Å²) < 4.78 is 40.4. The van der Waals surface area contributed by atoms with E-state index in [1.54, 1.807) is 13.8 Å². The van der Waals surface area contributed by atoms with Crippen molar-refractivity contribution in [3.05, 3.63) is 28.5 Å². The molecule has 0 radical (unpaired) electrons. The van der Waals surface area contributed by atoms with Crippen LogP contribution >= 0.6 is 15.9 Å². The minimum absolute atomic E-state index is 0.00969. The summed E-state index contributed by atoms with van der Waals surface area (Å²) in [6.07, 6.45) is 0. The first-order valence-electron chi connectivity index (χ1n) is 6.16. The molecule has 0 bridgehead atoms. The zero-order valence-corrected chi connectivity index (χ0v) is 14.0. The third kappa shape index (κ3) is 4.14. The molecule has 0 spiro atoms. The Kier molecular flexibility index (Phi) is 6.11. The summed E-state index contributed by atoms with van der Waals surface area (Å²) in [6, 6.07) is 3.75. The predicted octanol–water partition coefficient (Wildman–Crippen LogP) is 1.98. The van der Waals surface area contributed by atoms with E-state index in [0.29, 0.717) is 4.47 Å². The topological polar surface area (TPSA) is 96.0 Å². The number of rotatable bonds is 6. The Morgan fingerprint density at radius 3 is 2.67 bits per heavy atom. The number of hydrogen-bond donors (Lipinski definition) is 2. The normalized spacial score (nSPS) is 14.4. The summed E-state index contributed by atoms with van der Waals surface area (Å²) in [4.78, 5) is -0.403. The third-order valence-corrected chi connectivity index (χ3v) is 5.43. The molecule has 1 aromatic rings. The van der Waals surface area contributed by atoms with Crippen LogP contribution in [0, 0.1) is 11.7 Å². The van der Waals surface area contributed by atoms with Crippen LogP contribution in [0.3, 0.4) is 0 Å². The molecule has 9 heteroatoms. The molecule has 0 aliphatic carbocycles. The smallest absolute Gasteiger partial charge is 0.245 e. The van der Waals surface area contributed by atoms with Crippen LogP contribution in [0.4, 0.5) is 4.39 Å². The van der Waals surface area contributed by atoms with Crippen LogP contribution < -0.4 is 5.73 Å². The summed E-state index contributed by atoms with van der Waals surface area (Å²) in [5.41, 5.74) is 5.45. The van der Waals surface area contributed by atoms with Gasteiger partial charge in [0.1, 0.15) is 16.5 Å². The molecule has 0 aliphatic heterocycles. The van der Waals surface area contributed by atoms with Gasteiger partial charge in [-0.3, -0.25) is 0 Å². The van der Waals surface area contributed by atoms with Crippen molar-refractivity contribution in [3.8, 4) is 0 Å². The van der Waals surface area contributed by atoms with Crippen LogP contribution in [0.1, 0.15) is 13.8 Å². The SMILES string of the molecule is CCN(CC(C)/C(N)=N/O)S(=O)(=O)c1ccc(Br)cc1F. The van der Waals surface area contributed by atoms with Crippen molar-refractivity contribution in [1.82, 2.24) is 4.31 Å². The van der Waals surface area contributed by atoms with E-state index in [1.807, 2.05) is 0 Å². The van der Waals surface area contributed by atoms with Crippen molar-refractivity contribution in [2.24, 2.45) is 16.8 Å². The van der Waals surface area contributed by atoms with Gasteiger partial charge in [-0.1, -0.05) is 34.9 Å². The van der Waals surface area contributed by atoms with Gasteiger partial charge in [-0.2, -0.15) is 4.31 Å². The highest BCUT2D eigenvalue weighted by Crippen LogP contribution is 2.23. The molecule has 0 aliphatic rings. The zero-order valence-electron chi connectivity index (χ0n) is 11.6. The van der Waals surface area contributed by atoms with E-state index >= 15 is 0 Å². The maximum atomic E-state index is 13.9. The number of oxime groups is 1. The fourth-order valence-corrected chi connectivity index (χ4v) is 3.63. The van der Waals surface area contributed by atoms with E-state index in [9.17, 15) is 12.8 Å². The Hall–Kier alpha value is -1.19. The van der Waals surface area contributed by atoms with Crippen LogP contribution in [-0.4, -0.2) is 36.9 Å². The van der Waals surface area contributed by atoms with Crippen molar-refractivity contribution in [2.45, 2.75) is 18.7 Å². The highest BCUT2D eigenvalue weighted by Gasteiger charge is 2.28. The summed E-state index contributed by atoms with van der Waals surface area (Å²) in [5, 5.41) is 11.5. The molecule has 1 atom stereocenters. The first kappa shape index (κ1) is 17.9. The van der Waals surface area contributed by atoms with Crippen LogP contribution in [0.5, 0.6) is 0 Å². The summed E-state index contributed by atoms with van der Waals surface area (Å²) >= 11 is 3.08. The van der Waals surface area contributed by atoms with Gasteiger partial charge in [0.05, 0.1) is 0 Å². The molecular formula is C12H17BrFN3O3S. The lowest BCUT2D eigenvalue weighted by Gasteiger charge is -2.23. The summed E-state index contributed by atoms with van der Waals surface area (Å²) in [7, 11) is -3.99. The second kappa shape index (κ2) is 7.19. The number of sulfonamides is 1. The lowest BCUT2D eigenvalue weighted by molar-refractivity contribution is 0.311. The Labute approximate surface area is 131 Å². The molecule has 0 fully saturated rings. The number of benzene rings is 1. The molecule has 0 saturated carbocycles. The number of hydrogen-bond acceptors (Lipinski definition) is 4. The minimum atomic E-state index is -3.99. The fraction of sp³-hybridized carbons (Fsp3) is 0.417. The van der Waals surface area contributed by atoms with E-state index in [-0.39, 0.29) is 18.9 Å². The predicted molar refractivity (Wildman–Crippen MR) is 81.1 cm³/mol. The van der Waals surface area contributed by atoms with E-state index in [2.05, 4.69) is 21.1 Å². The first-order valence-corrected chi connectivity index (χ1v) is 8.40. The van der Waals surface area contributed by atoms with E-state index in [1.165, 1.54) is 12.1 Å². The van der Waals surface area contributed by atoms with Crippen molar-refractivity contribution >= 4 is 31.8 Å². The molecule has 0 aromatic heterocycles. The lowest BCUT2D eigenvalue weighted by atomic mass is 10.1. The van der Waals surface area contributed by atoms with Crippen LogP contribution in [0.15, 0.2) is 32.7 Å². The highest BCUT2D eigenvalue weighted by atomic mass is 79.9. The Morgan fingerprint density at radius 1 is 1.57 bits per heavy atom. The molecule has 1 rings (SSSR count). The minimum Gasteiger partial charge on any atom is -0.409 e. The first-order chi connectivity index (χ1) is 9.73. The molecule has 1 unspecified atom stereocenters. The van der Waals surface area contributed by atoms with Gasteiger partial charge < -0.3 is 10.9 Å². The molecule has 3 N–H and O–H groups in total. The Bertz CT molecular complexity index is 637. The second-order valence-corrected chi connectivity index (χ2v) is 7.28. The highest BCUT2D eigenvalue weighted by molar-refractivity contribution is 9.10. The van der Waals surface area contributed by atoms with Crippen molar-refractivity contribution in [1.29, 1.82) is 0 Å². The molecular weight excluding hydrogens is 365 g/mol. The van der Waals surface area contributed by atoms with Gasteiger partial charge in [0.2, 0.25) is 10.0 Å². The molecule has 6 nitrogen and oxygen atoms in total. The van der Waals surface area contributed by atoms with Gasteiger partial charge >= 0.3 is 0 Å². The Balaban J connectivity index is 3.14. The number of amidine groups is 1. The zero-order chi connectivity index (χ0) is 16.2. The maximum absolute atomic E-state index is 13.9. The molecule has 1 aromatic carbocycles. The van der Waals surface area contributed by atoms with Crippen LogP contribution in [-0.2, 0) is 10.0 Å². The van der Waals surface area contributed by atoms with Gasteiger partial charge in [-0.25, -0.2) is 12.8 Å². The summed E-state index contributed by atoms with van der Waals surface area (Å²) in [5.74, 6) is -1.41. The van der Waals surface area contributed by atoms with E-state index in [0.717, 1.165) is 10.4 Å². The van der Waals surface area contributed by atoms with E-state index < -0.39 is 26.7 Å². The monoisotopic (exact) mass is 381 g/mol. The fourth-order valence-electron chi connectivity index (χ4n) is 1.72. The molecule has 0 amide bonds. The molecule has 21 heavy (non-hydrogen) atoms. The number of halogens is 2. The van der Waals surface area contributed by atoms with Crippen molar-refractivity contribution in [3.63, 3.8) is 0 Å². The lowest BCUT2D eigenvalue weighted by Crippen LogP contribution is -2.39. The molecule has 118 valence electrons. The molecule has 0 heterocycles. The number of nitrogens with zero attached hydrogens (tertiary/aromatic N) is 2. The van der Waals surface area contributed by atoms with Crippen molar-refractivity contribution in [2.75, 3.05) is 13.1 Å². The third-order valence-electron chi connectivity index (χ3n) is 2.96. The molecule has 0 saturated heterocycles. The largest absolute Gasteiger partial charge is 0.409 e. The van der Waals surface area contributed by atoms with Gasteiger partial charge in [0.25, 0.3) is 0 Å². The number of nitrogens with two attached hydrogens (primary N) is 1. The summed E-state index contributed by atoms with van der Waals surface area (Å²) in [6.45, 7) is 3.38. The van der Waals surface area contributed by atoms with Crippen LogP contribution in [0.2, 0.25) is 0 Å². The average Bonchev–Trinajstić information content (AvgIpc) is 2.42. The van der Waals surface area contributed by atoms with Gasteiger partial charge in [-0.05, 0) is 18.2 Å². The van der Waals surface area contributed by atoms with Gasteiger partial charge in [-0.15, -0.1) is 0 Å². The standard InChI is InChI=1S/C12H17BrFN3O3S/c1-3-17(7-8(2)12(15)16-18)21(19,20)11-5-4-9(13)6-10(11)14/h4-6,8,18H,3,7H2,1-2H3,(H2,15,16). The quantitative estimate of drug-likeness (QED) is 0.340. The average molecular weight is 382 g/mol. The maximum Gasteiger partial charge on any atom is 0.245 e. The van der Waals surface area contributed by atoms with Gasteiger partial charge in [0.15, 0.2) is 0 Å². The Morgan fingerprint density at radius 2 is 2.19 bits per heavy atom. The second-order valence-electron chi connectivity index (χ2n) is 4.46. The van der Waals surface area contributed by atoms with Gasteiger partial charge in [0, 0.05) is 23.5 Å².